The van der Waals surface area contributed by atoms with Crippen LogP contribution < -0.4 is 15.4 Å². The lowest BCUT2D eigenvalue weighted by Gasteiger charge is -1.99. The molecule has 2 aromatic rings. The zero-order valence-electron chi connectivity index (χ0n) is 9.79. The number of aromatic nitrogens is 2. The van der Waals surface area contributed by atoms with Gasteiger partial charge < -0.3 is 5.73 Å². The van der Waals surface area contributed by atoms with E-state index in [0.717, 1.165) is 10.4 Å². The maximum Gasteiger partial charge on any atom is 0.507 e. The van der Waals surface area contributed by atoms with Gasteiger partial charge in [-0.15, -0.1) is 4.72 Å². The summed E-state index contributed by atoms with van der Waals surface area (Å²) in [6.07, 6.45) is 1.65. The van der Waals surface area contributed by atoms with E-state index in [4.69, 9.17) is 5.73 Å². The van der Waals surface area contributed by atoms with Crippen molar-refractivity contribution in [3.63, 3.8) is 0 Å². The average molecular weight is 266 g/mol. The van der Waals surface area contributed by atoms with Crippen molar-refractivity contribution >= 4 is 21.7 Å². The van der Waals surface area contributed by atoms with Crippen molar-refractivity contribution in [2.75, 3.05) is 5.73 Å². The van der Waals surface area contributed by atoms with E-state index in [0.29, 0.717) is 11.6 Å². The topological polar surface area (TPSA) is 104 Å². The fourth-order valence-corrected chi connectivity index (χ4v) is 2.51. The SMILES string of the molecule is Cc1cc[nH+]c([NH2+]S(=O)(=O)c2ccc(N)cc2)n1. The summed E-state index contributed by atoms with van der Waals surface area (Å²) in [5, 5.41) is 0. The molecule has 0 saturated carbocycles. The number of primary sulfonamides is 1. The van der Waals surface area contributed by atoms with Crippen molar-refractivity contribution in [3.8, 4) is 0 Å². The molecule has 0 radical (unpaired) electrons. The van der Waals surface area contributed by atoms with Crippen molar-refractivity contribution < 1.29 is 18.1 Å². The summed E-state index contributed by atoms with van der Waals surface area (Å²) in [4.78, 5) is 7.05. The van der Waals surface area contributed by atoms with Crippen molar-refractivity contribution in [2.24, 2.45) is 0 Å². The highest BCUT2D eigenvalue weighted by Gasteiger charge is 2.24. The lowest BCUT2D eigenvalue weighted by molar-refractivity contribution is -0.544. The second-order valence-corrected chi connectivity index (χ2v) is 5.65. The van der Waals surface area contributed by atoms with E-state index in [-0.39, 0.29) is 4.90 Å². The lowest BCUT2D eigenvalue weighted by atomic mass is 10.3. The number of hydrogen-bond donors (Lipinski definition) is 2. The third-order valence-corrected chi connectivity index (χ3v) is 3.79. The number of quaternary nitrogens is 1. The molecule has 0 aliphatic carbocycles. The Balaban J connectivity index is 2.30. The van der Waals surface area contributed by atoms with E-state index >= 15 is 0 Å². The quantitative estimate of drug-likeness (QED) is 0.722. The number of nitrogen functional groups attached to an aromatic ring is 1. The molecule has 0 bridgehead atoms. The number of hydrogen-bond acceptors (Lipinski definition) is 4. The monoisotopic (exact) mass is 266 g/mol. The van der Waals surface area contributed by atoms with E-state index in [9.17, 15) is 8.42 Å². The summed E-state index contributed by atoms with van der Waals surface area (Å²) < 4.78 is 25.2. The van der Waals surface area contributed by atoms with Crippen LogP contribution in [-0.2, 0) is 10.0 Å². The zero-order valence-corrected chi connectivity index (χ0v) is 10.6. The number of anilines is 1. The first kappa shape index (κ1) is 12.5. The highest BCUT2D eigenvalue weighted by molar-refractivity contribution is 7.84. The number of rotatable bonds is 3. The molecule has 0 amide bonds. The minimum atomic E-state index is -3.52. The molecule has 0 aliphatic rings. The minimum absolute atomic E-state index is 0.188. The number of benzene rings is 1. The van der Waals surface area contributed by atoms with Gasteiger partial charge in [-0.2, -0.15) is 13.4 Å². The van der Waals surface area contributed by atoms with Gasteiger partial charge in [-0.1, -0.05) is 0 Å². The van der Waals surface area contributed by atoms with Crippen LogP contribution in [0, 0.1) is 6.92 Å². The van der Waals surface area contributed by atoms with Gasteiger partial charge in [0.05, 0.1) is 6.20 Å². The highest BCUT2D eigenvalue weighted by atomic mass is 32.2. The smallest absolute Gasteiger partial charge is 0.399 e. The Hall–Kier alpha value is -1.99. The molecule has 18 heavy (non-hydrogen) atoms. The maximum absolute atomic E-state index is 12.1. The molecule has 6 nitrogen and oxygen atoms in total. The number of nitrogens with zero attached hydrogens (tertiary/aromatic N) is 1. The van der Waals surface area contributed by atoms with Gasteiger partial charge in [-0.05, 0) is 24.3 Å². The Kier molecular flexibility index (Phi) is 3.26. The van der Waals surface area contributed by atoms with Crippen LogP contribution in [-0.4, -0.2) is 13.4 Å². The Labute approximate surface area is 105 Å². The Morgan fingerprint density at radius 1 is 1.22 bits per heavy atom. The van der Waals surface area contributed by atoms with Gasteiger partial charge in [0.25, 0.3) is 0 Å². The van der Waals surface area contributed by atoms with Gasteiger partial charge in [-0.25, -0.2) is 0 Å². The minimum Gasteiger partial charge on any atom is -0.399 e. The van der Waals surface area contributed by atoms with E-state index in [1.807, 2.05) is 0 Å². The van der Waals surface area contributed by atoms with Gasteiger partial charge in [0.15, 0.2) is 5.69 Å². The fraction of sp³-hybridized carbons (Fsp3) is 0.0909. The van der Waals surface area contributed by atoms with Crippen LogP contribution in [0.4, 0.5) is 11.6 Å². The summed E-state index contributed by atoms with van der Waals surface area (Å²) in [6.45, 7) is 1.79. The molecule has 1 aromatic carbocycles. The third kappa shape index (κ3) is 2.82. The van der Waals surface area contributed by atoms with Crippen molar-refractivity contribution in [1.82, 2.24) is 4.98 Å². The number of nitrogens with two attached hydrogens (primary N) is 2. The first-order valence-corrected chi connectivity index (χ1v) is 6.83. The Bertz CT molecular complexity index is 653. The summed E-state index contributed by atoms with van der Waals surface area (Å²) >= 11 is 0. The molecule has 5 N–H and O–H groups in total. The number of aryl methyl sites for hydroxylation is 1. The van der Waals surface area contributed by atoms with E-state index in [1.165, 1.54) is 12.1 Å². The van der Waals surface area contributed by atoms with Gasteiger partial charge in [0.2, 0.25) is 0 Å². The molecule has 0 atom stereocenters. The summed E-state index contributed by atoms with van der Waals surface area (Å²) in [5.41, 5.74) is 6.78. The van der Waals surface area contributed by atoms with Gasteiger partial charge in [0.1, 0.15) is 4.90 Å². The van der Waals surface area contributed by atoms with E-state index in [2.05, 4.69) is 9.97 Å². The van der Waals surface area contributed by atoms with Crippen LogP contribution in [0.3, 0.4) is 0 Å². The van der Waals surface area contributed by atoms with Crippen LogP contribution in [0.1, 0.15) is 5.69 Å². The molecule has 1 heterocycles. The van der Waals surface area contributed by atoms with Crippen LogP contribution in [0.15, 0.2) is 41.4 Å². The standard InChI is InChI=1S/C11H12N4O2S/c1-8-6-7-13-11(14-8)15-18(16,17)10-4-2-9(12)3-5-10/h2-7H,12H2,1H3,(H,13,14,15)/p+2. The van der Waals surface area contributed by atoms with Crippen LogP contribution in [0.2, 0.25) is 0 Å². The fourth-order valence-electron chi connectivity index (χ4n) is 1.44. The summed E-state index contributed by atoms with van der Waals surface area (Å²) in [6, 6.07) is 7.79. The number of nitrogens with one attached hydrogen (secondary N) is 1. The predicted octanol–water partition coefficient (Wildman–Crippen LogP) is -0.630. The number of aromatic amines is 1. The van der Waals surface area contributed by atoms with Gasteiger partial charge in [0, 0.05) is 23.7 Å². The Morgan fingerprint density at radius 3 is 2.50 bits per heavy atom. The Morgan fingerprint density at radius 2 is 1.89 bits per heavy atom. The first-order valence-electron chi connectivity index (χ1n) is 5.28. The van der Waals surface area contributed by atoms with Gasteiger partial charge in [-0.3, -0.25) is 0 Å². The molecular formula is C11H14N4O2S+2. The molecule has 0 fully saturated rings. The van der Waals surface area contributed by atoms with E-state index < -0.39 is 10.0 Å². The second-order valence-electron chi connectivity index (χ2n) is 3.85. The summed E-state index contributed by atoms with van der Waals surface area (Å²) in [7, 11) is -3.52. The van der Waals surface area contributed by atoms with Crippen molar-refractivity contribution in [2.45, 2.75) is 11.8 Å². The third-order valence-electron chi connectivity index (χ3n) is 2.33. The molecule has 0 aliphatic heterocycles. The van der Waals surface area contributed by atoms with Gasteiger partial charge >= 0.3 is 16.0 Å². The summed E-state index contributed by atoms with van der Waals surface area (Å²) in [5.74, 6) is 0.298. The second kappa shape index (κ2) is 4.71. The molecule has 94 valence electrons. The molecular weight excluding hydrogens is 252 g/mol. The molecule has 1 aromatic heterocycles. The predicted molar refractivity (Wildman–Crippen MR) is 65.2 cm³/mol. The normalized spacial score (nSPS) is 11.4. The molecule has 7 heteroatoms. The maximum atomic E-state index is 12.1. The lowest BCUT2D eigenvalue weighted by Crippen LogP contribution is -2.83. The molecule has 0 spiro atoms. The molecule has 2 rings (SSSR count). The molecule has 0 unspecified atom stereocenters. The van der Waals surface area contributed by atoms with Crippen LogP contribution in [0.5, 0.6) is 0 Å². The van der Waals surface area contributed by atoms with Crippen molar-refractivity contribution in [3.05, 3.63) is 42.2 Å². The average Bonchev–Trinajstić information content (AvgIpc) is 2.29. The number of sulfonamides is 1. The van der Waals surface area contributed by atoms with E-state index in [1.54, 1.807) is 31.3 Å². The molecule has 0 saturated heterocycles. The van der Waals surface area contributed by atoms with Crippen LogP contribution >= 0.6 is 0 Å². The largest absolute Gasteiger partial charge is 0.507 e. The zero-order chi connectivity index (χ0) is 13.2. The van der Waals surface area contributed by atoms with Crippen molar-refractivity contribution in [1.29, 1.82) is 0 Å². The number of H-pyrrole nitrogens is 1. The highest BCUT2D eigenvalue weighted by Crippen LogP contribution is 2.09. The first-order chi connectivity index (χ1) is 8.47. The van der Waals surface area contributed by atoms with Crippen LogP contribution in [0.25, 0.3) is 0 Å².